The maximum absolute atomic E-state index is 13.5. The first-order chi connectivity index (χ1) is 44.7. The molecule has 19 atom stereocenters. The topological polar surface area (TPSA) is 594 Å². The van der Waals surface area contributed by atoms with Gasteiger partial charge in [0.15, 0.2) is 25.2 Å². The van der Waals surface area contributed by atoms with Crippen LogP contribution in [0.4, 0.5) is 0 Å². The second-order valence-corrected chi connectivity index (χ2v) is 17.5. The second-order valence-electron chi connectivity index (χ2n) is 17.5. The lowest BCUT2D eigenvalue weighted by Crippen LogP contribution is -2.59. The summed E-state index contributed by atoms with van der Waals surface area (Å²) in [5.74, 6) is -4.08. The molecule has 19 unspecified atom stereocenters. The van der Waals surface area contributed by atoms with Crippen molar-refractivity contribution in [2.75, 3.05) is 86.2 Å². The van der Waals surface area contributed by atoms with Gasteiger partial charge in [-0.3, -0.25) is 24.0 Å². The fourth-order valence-electron chi connectivity index (χ4n) is 7.50. The van der Waals surface area contributed by atoms with Crippen LogP contribution in [0.1, 0.15) is 39.0 Å². The van der Waals surface area contributed by atoms with Crippen LogP contribution >= 0.6 is 0 Å². The van der Waals surface area contributed by atoms with Crippen molar-refractivity contribution in [3.05, 3.63) is 109 Å². The molecule has 0 aromatic heterocycles. The number of ether oxygens (including phenoxy) is 9. The Bertz CT molecular complexity index is 1830. The summed E-state index contributed by atoms with van der Waals surface area (Å²) >= 11 is 0. The molecule has 3 aliphatic rings. The normalized spacial score (nSPS) is 25.9. The van der Waals surface area contributed by atoms with E-state index in [1.54, 1.807) is 6.92 Å². The van der Waals surface area contributed by atoms with Crippen molar-refractivity contribution >= 4 is 29.5 Å². The van der Waals surface area contributed by atoms with E-state index in [2.05, 4.69) is 106 Å². The molecule has 0 spiro atoms. The number of aliphatic hydroxyl groups is 13. The van der Waals surface area contributed by atoms with E-state index in [1.807, 2.05) is 0 Å². The third-order valence-corrected chi connectivity index (χ3v) is 12.0. The Hall–Kier alpha value is -6.29. The highest BCUT2D eigenvalue weighted by Crippen LogP contribution is 2.24. The second kappa shape index (κ2) is 65.8. The molecule has 0 aromatic rings. The lowest BCUT2D eigenvalue weighted by Gasteiger charge is -2.39. The molecule has 0 aliphatic carbocycles. The van der Waals surface area contributed by atoms with Crippen LogP contribution in [0.2, 0.25) is 0 Å². The Morgan fingerprint density at radius 2 is 0.763 bits per heavy atom. The first-order valence-electron chi connectivity index (χ1n) is 27.8. The van der Waals surface area contributed by atoms with Gasteiger partial charge in [-0.15, -0.1) is 78.9 Å². The lowest BCUT2D eigenvalue weighted by molar-refractivity contribution is -0.300. The first kappa shape index (κ1) is 100. The van der Waals surface area contributed by atoms with Crippen molar-refractivity contribution < 1.29 is 133 Å². The van der Waals surface area contributed by atoms with Crippen LogP contribution in [0.25, 0.3) is 0 Å². The summed E-state index contributed by atoms with van der Waals surface area (Å²) in [6.07, 6.45) is -26.4. The van der Waals surface area contributed by atoms with E-state index < -0.39 is 192 Å². The van der Waals surface area contributed by atoms with Gasteiger partial charge in [-0.05, 0) is 19.3 Å². The Morgan fingerprint density at radius 3 is 1.06 bits per heavy atom. The van der Waals surface area contributed by atoms with Crippen molar-refractivity contribution in [1.82, 2.24) is 26.6 Å². The molecule has 544 valence electrons. The fraction of sp³-hybridized carbons (Fsp3) is 0.691. The van der Waals surface area contributed by atoms with Gasteiger partial charge < -0.3 is 136 Å². The number of aliphatic hydroxyl groups excluding tert-OH is 13. The summed E-state index contributed by atoms with van der Waals surface area (Å²) in [5, 5.41) is 141. The molecule has 3 rings (SSSR count). The minimum absolute atomic E-state index is 0.198. The average Bonchev–Trinajstić information content (AvgIpc) is 0.926. The third-order valence-electron chi connectivity index (χ3n) is 12.0. The van der Waals surface area contributed by atoms with E-state index >= 15 is 0 Å². The van der Waals surface area contributed by atoms with Crippen LogP contribution in [-0.4, -0.2) is 299 Å². The molecule has 0 radical (unpaired) electrons. The van der Waals surface area contributed by atoms with E-state index in [9.17, 15) is 90.4 Å². The van der Waals surface area contributed by atoms with Gasteiger partial charge in [0, 0.05) is 69.4 Å². The van der Waals surface area contributed by atoms with E-state index in [-0.39, 0.29) is 59.1 Å². The number of carbonyl (C=O) groups is 5. The number of hydrogen-bond acceptors (Lipinski definition) is 33. The molecule has 3 aliphatic heterocycles. The number of nitrogens with one attached hydrogen (secondary N) is 5. The van der Waals surface area contributed by atoms with Crippen molar-refractivity contribution in [2.45, 2.75) is 156 Å². The summed E-state index contributed by atoms with van der Waals surface area (Å²) < 4.78 is 48.1. The Balaban J connectivity index is -0.000000753. The SMILES string of the molecule is C=C.C=C.C=C.C=C.C=C.C=C.CCC(CO)OC(COCC(=O)NC(CCC(=O)NC(CCC(=O)NCCOC1OC(CO)C(O)C(O)C1O)C(=O)NCCOC1OC(CO)C(O)C(O)C1O)C(=O)NCCOC1OC(CO)C(O)C(O)C1O)OC.O=O.O=O.O=O. The lowest BCUT2D eigenvalue weighted by atomic mass is 9.99. The molecule has 38 nitrogen and oxygen atoms in total. The average molecular weight is 1360 g/mol. The minimum atomic E-state index is -1.74. The van der Waals surface area contributed by atoms with Crippen molar-refractivity contribution in [3.8, 4) is 0 Å². The standard InChI is InChI=1S/C43H77N5O27.6C2H4.3O2/c1-3-20(14-49)72-29(67-2)19-68-18-28(55)48-22(40(66)46-10-13-71-43-38(64)35(61)32(58)25(17-52)75-43)5-7-27(54)47-21(39(65)45-9-12-70-42-37(63)34(60)31(57)24(16-51)74-42)4-6-26(53)44-8-11-69-41-36(62)33(59)30(56)23(15-50)73-41;9*1-2/h20-25,29-38,41-43,49-52,56-64H,3-19H2,1-2H3,(H,44,53)(H,45,65)(H,46,66)(H,47,54)(H,48,55);6*1-2H2;;;. The van der Waals surface area contributed by atoms with E-state index in [0.717, 1.165) is 0 Å². The molecule has 0 bridgehead atoms. The van der Waals surface area contributed by atoms with E-state index in [0.29, 0.717) is 6.42 Å². The summed E-state index contributed by atoms with van der Waals surface area (Å²) in [6.45, 7) is 32.5. The first-order valence-corrected chi connectivity index (χ1v) is 27.8. The third kappa shape index (κ3) is 39.9. The zero-order valence-corrected chi connectivity index (χ0v) is 52.5. The number of carbonyl (C=O) groups excluding carboxylic acids is 5. The van der Waals surface area contributed by atoms with Gasteiger partial charge in [-0.1, -0.05) is 6.92 Å². The van der Waals surface area contributed by atoms with Gasteiger partial charge in [0.25, 0.3) is 0 Å². The summed E-state index contributed by atoms with van der Waals surface area (Å²) in [7, 11) is 1.31. The molecule has 5 amide bonds. The highest BCUT2D eigenvalue weighted by atomic mass is 16.7. The molecule has 18 N–H and O–H groups in total. The van der Waals surface area contributed by atoms with Gasteiger partial charge in [0.1, 0.15) is 91.9 Å². The van der Waals surface area contributed by atoms with Gasteiger partial charge in [-0.25, -0.2) is 0 Å². The minimum Gasteiger partial charge on any atom is -0.394 e. The van der Waals surface area contributed by atoms with Crippen LogP contribution in [-0.2, 0) is 66.6 Å². The van der Waals surface area contributed by atoms with Crippen LogP contribution in [0.5, 0.6) is 0 Å². The van der Waals surface area contributed by atoms with Gasteiger partial charge in [-0.2, -0.15) is 0 Å². The van der Waals surface area contributed by atoms with Crippen LogP contribution < -0.4 is 26.6 Å². The molecule has 93 heavy (non-hydrogen) atoms. The summed E-state index contributed by atoms with van der Waals surface area (Å²) in [5.41, 5.74) is 0. The fourth-order valence-corrected chi connectivity index (χ4v) is 7.50. The monoisotopic (exact) mass is 1360 g/mol. The maximum Gasteiger partial charge on any atom is 0.246 e. The highest BCUT2D eigenvalue weighted by Gasteiger charge is 2.46. The molecular weight excluding hydrogens is 1260 g/mol. The molecular formula is C55H101N5O33. The van der Waals surface area contributed by atoms with Gasteiger partial charge in [0.2, 0.25) is 29.5 Å². The number of hydrogen-bond donors (Lipinski definition) is 18. The highest BCUT2D eigenvalue weighted by molar-refractivity contribution is 5.90. The van der Waals surface area contributed by atoms with Crippen molar-refractivity contribution in [1.29, 1.82) is 0 Å². The van der Waals surface area contributed by atoms with E-state index in [1.165, 1.54) is 7.11 Å². The van der Waals surface area contributed by atoms with E-state index in [4.69, 9.17) is 72.4 Å². The van der Waals surface area contributed by atoms with Crippen LogP contribution in [0.15, 0.2) is 78.9 Å². The Labute approximate surface area is 538 Å². The molecule has 3 fully saturated rings. The molecule has 3 heterocycles. The molecule has 38 heteroatoms. The summed E-state index contributed by atoms with van der Waals surface area (Å²) in [6, 6.07) is -2.92. The van der Waals surface area contributed by atoms with Crippen LogP contribution in [0, 0.1) is 29.8 Å². The smallest absolute Gasteiger partial charge is 0.246 e. The zero-order chi connectivity index (χ0) is 73.8. The van der Waals surface area contributed by atoms with Crippen molar-refractivity contribution in [3.63, 3.8) is 0 Å². The number of amides is 5. The molecule has 3 saturated heterocycles. The van der Waals surface area contributed by atoms with Gasteiger partial charge in [0.05, 0.1) is 59.0 Å². The van der Waals surface area contributed by atoms with Crippen LogP contribution in [0.3, 0.4) is 0 Å². The Kier molecular flexibility index (Phi) is 70.9. The van der Waals surface area contributed by atoms with Gasteiger partial charge >= 0.3 is 0 Å². The Morgan fingerprint density at radius 1 is 0.452 bits per heavy atom. The summed E-state index contributed by atoms with van der Waals surface area (Å²) in [4.78, 5) is 109. The quantitative estimate of drug-likeness (QED) is 0.0162. The number of rotatable bonds is 34. The largest absolute Gasteiger partial charge is 0.394 e. The zero-order valence-electron chi connectivity index (χ0n) is 52.5. The predicted octanol–water partition coefficient (Wildman–Crippen LogP) is -5.89. The maximum atomic E-state index is 13.5. The van der Waals surface area contributed by atoms with Crippen molar-refractivity contribution in [2.24, 2.45) is 0 Å². The molecule has 0 aromatic carbocycles. The predicted molar refractivity (Wildman–Crippen MR) is 332 cm³/mol. The molecule has 0 saturated carbocycles. The number of methoxy groups -OCH3 is 1.